The molecule has 102 valence electrons. The summed E-state index contributed by atoms with van der Waals surface area (Å²) in [4.78, 5) is 37.0. The zero-order chi connectivity index (χ0) is 14.3. The number of ether oxygens (including phenoxy) is 1. The van der Waals surface area contributed by atoms with Crippen LogP contribution in [0.25, 0.3) is 0 Å². The highest BCUT2D eigenvalue weighted by molar-refractivity contribution is 5.92. The quantitative estimate of drug-likeness (QED) is 0.746. The molecule has 0 spiro atoms. The molecule has 0 aromatic carbocycles. The predicted molar refractivity (Wildman–Crippen MR) is 65.7 cm³/mol. The fourth-order valence-corrected chi connectivity index (χ4v) is 1.28. The Labute approximate surface area is 109 Å². The molecular weight excluding hydrogens is 252 g/mol. The van der Waals surface area contributed by atoms with Crippen LogP contribution < -0.4 is 5.32 Å². The van der Waals surface area contributed by atoms with Gasteiger partial charge in [0.1, 0.15) is 5.82 Å². The molecule has 0 aliphatic carbocycles. The summed E-state index contributed by atoms with van der Waals surface area (Å²) in [6.45, 7) is 1.95. The molecule has 0 atom stereocenters. The van der Waals surface area contributed by atoms with Gasteiger partial charge in [0.2, 0.25) is 5.91 Å². The summed E-state index contributed by atoms with van der Waals surface area (Å²) in [5.74, 6) is -1.93. The number of carboxylic acid groups (broad SMARTS) is 1. The zero-order valence-corrected chi connectivity index (χ0v) is 10.4. The largest absolute Gasteiger partial charge is 0.477 e. The number of nitrogens with zero attached hydrogens (tertiary/aromatic N) is 1. The normalized spacial score (nSPS) is 9.74. The average Bonchev–Trinajstić information content (AvgIpc) is 2.37. The van der Waals surface area contributed by atoms with Gasteiger partial charge in [0.15, 0.2) is 5.69 Å². The highest BCUT2D eigenvalue weighted by Crippen LogP contribution is 2.06. The van der Waals surface area contributed by atoms with Crippen molar-refractivity contribution in [2.75, 3.05) is 11.9 Å². The van der Waals surface area contributed by atoms with Crippen molar-refractivity contribution in [1.29, 1.82) is 0 Å². The van der Waals surface area contributed by atoms with Crippen LogP contribution >= 0.6 is 0 Å². The molecule has 1 amide bonds. The van der Waals surface area contributed by atoms with Gasteiger partial charge in [-0.05, 0) is 19.1 Å². The minimum Gasteiger partial charge on any atom is -0.477 e. The first-order valence-corrected chi connectivity index (χ1v) is 5.68. The van der Waals surface area contributed by atoms with Gasteiger partial charge in [-0.25, -0.2) is 9.78 Å². The number of carbonyl (C=O) groups is 3. The third-order valence-corrected chi connectivity index (χ3v) is 2.10. The Balaban J connectivity index is 2.50. The van der Waals surface area contributed by atoms with Crippen LogP contribution in [0.2, 0.25) is 0 Å². The summed E-state index contributed by atoms with van der Waals surface area (Å²) in [5.41, 5.74) is -0.164. The van der Waals surface area contributed by atoms with Crippen LogP contribution in [0.1, 0.15) is 30.3 Å². The Morgan fingerprint density at radius 1 is 1.32 bits per heavy atom. The van der Waals surface area contributed by atoms with Crippen LogP contribution in [0.3, 0.4) is 0 Å². The van der Waals surface area contributed by atoms with E-state index in [9.17, 15) is 14.4 Å². The molecule has 1 aromatic heterocycles. The lowest BCUT2D eigenvalue weighted by Crippen LogP contribution is -2.16. The molecule has 0 radical (unpaired) electrons. The maximum atomic E-state index is 11.5. The fourth-order valence-electron chi connectivity index (χ4n) is 1.28. The van der Waals surface area contributed by atoms with Crippen molar-refractivity contribution in [2.24, 2.45) is 0 Å². The number of esters is 1. The van der Waals surface area contributed by atoms with Crippen LogP contribution in [0.4, 0.5) is 5.82 Å². The first kappa shape index (κ1) is 14.6. The topological polar surface area (TPSA) is 106 Å². The van der Waals surface area contributed by atoms with E-state index in [1.165, 1.54) is 18.2 Å². The summed E-state index contributed by atoms with van der Waals surface area (Å²) in [7, 11) is 0. The number of anilines is 1. The summed E-state index contributed by atoms with van der Waals surface area (Å²) in [6, 6.07) is 4.25. The number of nitrogens with one attached hydrogen (secondary N) is 1. The smallest absolute Gasteiger partial charge is 0.354 e. The average molecular weight is 266 g/mol. The van der Waals surface area contributed by atoms with E-state index in [2.05, 4.69) is 15.0 Å². The molecule has 19 heavy (non-hydrogen) atoms. The molecule has 0 aliphatic heterocycles. The number of pyridine rings is 1. The minimum absolute atomic E-state index is 0.0295. The molecular formula is C12H14N2O5. The lowest BCUT2D eigenvalue weighted by molar-refractivity contribution is -0.144. The van der Waals surface area contributed by atoms with Crippen molar-refractivity contribution in [3.63, 3.8) is 0 Å². The number of amides is 1. The number of carbonyl (C=O) groups excluding carboxylic acids is 2. The maximum absolute atomic E-state index is 11.5. The second-order valence-electron chi connectivity index (χ2n) is 3.57. The fraction of sp³-hybridized carbons (Fsp3) is 0.333. The summed E-state index contributed by atoms with van der Waals surface area (Å²) in [5, 5.41) is 11.2. The SMILES string of the molecule is CCOC(=O)CCC(=O)Nc1cccc(C(=O)O)n1. The highest BCUT2D eigenvalue weighted by Gasteiger charge is 2.10. The van der Waals surface area contributed by atoms with Crippen LogP contribution in [-0.4, -0.2) is 34.5 Å². The van der Waals surface area contributed by atoms with Crippen molar-refractivity contribution in [3.8, 4) is 0 Å². The van der Waals surface area contributed by atoms with Crippen molar-refractivity contribution >= 4 is 23.7 Å². The van der Waals surface area contributed by atoms with Gasteiger partial charge in [-0.2, -0.15) is 0 Å². The van der Waals surface area contributed by atoms with E-state index in [0.717, 1.165) is 0 Å². The van der Waals surface area contributed by atoms with Crippen molar-refractivity contribution < 1.29 is 24.2 Å². The molecule has 0 saturated heterocycles. The number of rotatable bonds is 6. The molecule has 7 nitrogen and oxygen atoms in total. The van der Waals surface area contributed by atoms with E-state index < -0.39 is 17.8 Å². The third kappa shape index (κ3) is 5.15. The van der Waals surface area contributed by atoms with Gasteiger partial charge >= 0.3 is 11.9 Å². The second-order valence-corrected chi connectivity index (χ2v) is 3.57. The maximum Gasteiger partial charge on any atom is 0.354 e. The van der Waals surface area contributed by atoms with E-state index >= 15 is 0 Å². The van der Waals surface area contributed by atoms with Crippen LogP contribution in [-0.2, 0) is 14.3 Å². The number of hydrogen-bond acceptors (Lipinski definition) is 5. The van der Waals surface area contributed by atoms with E-state index in [1.54, 1.807) is 6.92 Å². The number of carboxylic acids is 1. The van der Waals surface area contributed by atoms with Gasteiger partial charge in [-0.15, -0.1) is 0 Å². The summed E-state index contributed by atoms with van der Waals surface area (Å²) >= 11 is 0. The van der Waals surface area contributed by atoms with E-state index in [1.807, 2.05) is 0 Å². The summed E-state index contributed by atoms with van der Waals surface area (Å²) < 4.78 is 4.68. The van der Waals surface area contributed by atoms with Gasteiger partial charge in [-0.1, -0.05) is 6.07 Å². The Bertz CT molecular complexity index is 487. The van der Waals surface area contributed by atoms with Crippen molar-refractivity contribution in [3.05, 3.63) is 23.9 Å². The van der Waals surface area contributed by atoms with Gasteiger partial charge in [0.25, 0.3) is 0 Å². The second kappa shape index (κ2) is 7.10. The molecule has 7 heteroatoms. The minimum atomic E-state index is -1.18. The van der Waals surface area contributed by atoms with Gasteiger partial charge in [0.05, 0.1) is 13.0 Å². The summed E-state index contributed by atoms with van der Waals surface area (Å²) in [6.07, 6.45) is -0.0733. The highest BCUT2D eigenvalue weighted by atomic mass is 16.5. The molecule has 0 unspecified atom stereocenters. The molecule has 2 N–H and O–H groups in total. The van der Waals surface area contributed by atoms with E-state index in [-0.39, 0.29) is 31.0 Å². The van der Waals surface area contributed by atoms with Gasteiger partial charge < -0.3 is 15.2 Å². The molecule has 1 heterocycles. The third-order valence-electron chi connectivity index (χ3n) is 2.10. The standard InChI is InChI=1S/C12H14N2O5/c1-2-19-11(16)7-6-10(15)14-9-5-3-4-8(13-9)12(17)18/h3-5H,2,6-7H2,1H3,(H,17,18)(H,13,14,15). The first-order valence-electron chi connectivity index (χ1n) is 5.68. The molecule has 0 fully saturated rings. The monoisotopic (exact) mass is 266 g/mol. The molecule has 1 aromatic rings. The molecule has 0 bridgehead atoms. The van der Waals surface area contributed by atoms with Crippen LogP contribution in [0, 0.1) is 0 Å². The Kier molecular flexibility index (Phi) is 5.46. The molecule has 0 saturated carbocycles. The van der Waals surface area contributed by atoms with Crippen molar-refractivity contribution in [2.45, 2.75) is 19.8 Å². The predicted octanol–water partition coefficient (Wildman–Crippen LogP) is 1.06. The zero-order valence-electron chi connectivity index (χ0n) is 10.4. The van der Waals surface area contributed by atoms with Gasteiger partial charge in [0, 0.05) is 6.42 Å². The number of aromatic nitrogens is 1. The Hall–Kier alpha value is -2.44. The van der Waals surface area contributed by atoms with E-state index in [4.69, 9.17) is 5.11 Å². The van der Waals surface area contributed by atoms with Gasteiger partial charge in [-0.3, -0.25) is 9.59 Å². The number of hydrogen-bond donors (Lipinski definition) is 2. The Morgan fingerprint density at radius 3 is 2.68 bits per heavy atom. The first-order chi connectivity index (χ1) is 9.02. The Morgan fingerprint density at radius 2 is 2.05 bits per heavy atom. The van der Waals surface area contributed by atoms with Crippen molar-refractivity contribution in [1.82, 2.24) is 4.98 Å². The lowest BCUT2D eigenvalue weighted by Gasteiger charge is -2.05. The molecule has 1 rings (SSSR count). The van der Waals surface area contributed by atoms with Crippen LogP contribution in [0.5, 0.6) is 0 Å². The van der Waals surface area contributed by atoms with Crippen LogP contribution in [0.15, 0.2) is 18.2 Å². The van der Waals surface area contributed by atoms with E-state index in [0.29, 0.717) is 0 Å². The lowest BCUT2D eigenvalue weighted by atomic mass is 10.3. The number of aromatic carboxylic acids is 1. The molecule has 0 aliphatic rings.